The number of hydrogen-bond acceptors (Lipinski definition) is 5. The van der Waals surface area contributed by atoms with Crippen LogP contribution in [0, 0.1) is 5.92 Å². The maximum Gasteiger partial charge on any atom is 0.317 e. The smallest absolute Gasteiger partial charge is 0.317 e. The van der Waals surface area contributed by atoms with Gasteiger partial charge in [-0.1, -0.05) is 43.8 Å². The minimum atomic E-state index is -1.12. The molecule has 4 rings (SSSR count). The Morgan fingerprint density at radius 3 is 2.71 bits per heavy atom. The molecule has 0 spiro atoms. The van der Waals surface area contributed by atoms with Crippen molar-refractivity contribution in [2.75, 3.05) is 18.6 Å². The molecule has 1 N–H and O–H groups in total. The zero-order chi connectivity index (χ0) is 22.2. The monoisotopic (exact) mass is 438 g/mol. The minimum absolute atomic E-state index is 0.124. The predicted molar refractivity (Wildman–Crippen MR) is 123 cm³/mol. The van der Waals surface area contributed by atoms with Crippen LogP contribution in [0.3, 0.4) is 0 Å². The third-order valence-corrected chi connectivity index (χ3v) is 6.21. The lowest BCUT2D eigenvalue weighted by Gasteiger charge is -2.55. The normalized spacial score (nSPS) is 23.8. The van der Waals surface area contributed by atoms with Gasteiger partial charge in [0.15, 0.2) is 16.6 Å². The second-order valence-electron chi connectivity index (χ2n) is 7.71. The first kappa shape index (κ1) is 21.2. The van der Waals surface area contributed by atoms with E-state index in [0.29, 0.717) is 16.6 Å². The molecule has 162 valence electrons. The number of hydrogen-bond donors (Lipinski definition) is 1. The van der Waals surface area contributed by atoms with Gasteiger partial charge in [-0.25, -0.2) is 0 Å². The van der Waals surface area contributed by atoms with Crippen LogP contribution < -0.4 is 19.7 Å². The number of benzene rings is 2. The number of anilines is 1. The summed E-state index contributed by atoms with van der Waals surface area (Å²) >= 11 is 5.75. The first-order valence-electron chi connectivity index (χ1n) is 10.3. The van der Waals surface area contributed by atoms with Crippen LogP contribution in [0.25, 0.3) is 0 Å². The van der Waals surface area contributed by atoms with E-state index in [0.717, 1.165) is 17.7 Å². The summed E-state index contributed by atoms with van der Waals surface area (Å²) in [5.74, 6) is 0.133. The van der Waals surface area contributed by atoms with Crippen molar-refractivity contribution in [3.63, 3.8) is 0 Å². The summed E-state index contributed by atoms with van der Waals surface area (Å²) < 4.78 is 17.6. The molecule has 6 nitrogen and oxygen atoms in total. The molecular formula is C24H26N2O4S. The molecule has 0 radical (unpaired) electrons. The summed E-state index contributed by atoms with van der Waals surface area (Å²) in [6.07, 6.45) is 2.48. The summed E-state index contributed by atoms with van der Waals surface area (Å²) in [7, 11) is 1.60. The Labute approximate surface area is 187 Å². The van der Waals surface area contributed by atoms with Crippen LogP contribution in [0.5, 0.6) is 11.5 Å². The van der Waals surface area contributed by atoms with E-state index in [2.05, 4.69) is 31.0 Å². The lowest BCUT2D eigenvalue weighted by atomic mass is 9.79. The highest BCUT2D eigenvalue weighted by Crippen LogP contribution is 2.52. The van der Waals surface area contributed by atoms with Gasteiger partial charge in [0.05, 0.1) is 13.2 Å². The Balaban J connectivity index is 1.87. The molecular weight excluding hydrogens is 412 g/mol. The van der Waals surface area contributed by atoms with Gasteiger partial charge in [-0.3, -0.25) is 9.69 Å². The summed E-state index contributed by atoms with van der Waals surface area (Å²) in [5.41, 5.74) is 1.72. The molecule has 2 aliphatic heterocycles. The summed E-state index contributed by atoms with van der Waals surface area (Å²) in [4.78, 5) is 15.1. The molecule has 2 aromatic rings. The average Bonchev–Trinajstić information content (AvgIpc) is 2.77. The van der Waals surface area contributed by atoms with E-state index in [4.69, 9.17) is 26.4 Å². The average molecular weight is 439 g/mol. The Hall–Kier alpha value is -3.06. The van der Waals surface area contributed by atoms with Gasteiger partial charge in [-0.05, 0) is 49.3 Å². The molecule has 0 aliphatic carbocycles. The summed E-state index contributed by atoms with van der Waals surface area (Å²) in [6, 6.07) is 13.3. The van der Waals surface area contributed by atoms with Crippen molar-refractivity contribution >= 4 is 29.0 Å². The van der Waals surface area contributed by atoms with Gasteiger partial charge in [-0.2, -0.15) is 0 Å². The Bertz CT molecular complexity index is 1020. The van der Waals surface area contributed by atoms with Gasteiger partial charge < -0.3 is 19.5 Å². The molecule has 0 unspecified atom stereocenters. The number of nitrogens with zero attached hydrogens (tertiary/aromatic N) is 1. The van der Waals surface area contributed by atoms with Gasteiger partial charge in [0.25, 0.3) is 0 Å². The van der Waals surface area contributed by atoms with E-state index in [1.165, 1.54) is 5.56 Å². The Morgan fingerprint density at radius 1 is 1.32 bits per heavy atom. The fourth-order valence-corrected chi connectivity index (χ4v) is 4.81. The van der Waals surface area contributed by atoms with Gasteiger partial charge in [0, 0.05) is 11.3 Å². The fourth-order valence-electron chi connectivity index (χ4n) is 4.39. The highest BCUT2D eigenvalue weighted by Gasteiger charge is 2.60. The van der Waals surface area contributed by atoms with Crippen LogP contribution in [0.1, 0.15) is 31.0 Å². The Morgan fingerprint density at radius 2 is 2.06 bits per heavy atom. The SMILES string of the molecule is C=CCOC(=O)[C@@H]1[C@H]2NC(=S)N(c3ccc(CC)cc3)[C@@]1(C)Oc1c(OC)cccc12. The van der Waals surface area contributed by atoms with Crippen molar-refractivity contribution in [1.82, 2.24) is 5.32 Å². The maximum atomic E-state index is 13.2. The lowest BCUT2D eigenvalue weighted by Crippen LogP contribution is -2.71. The van der Waals surface area contributed by atoms with Crippen LogP contribution in [0.4, 0.5) is 5.69 Å². The fraction of sp³-hybridized carbons (Fsp3) is 0.333. The van der Waals surface area contributed by atoms with E-state index in [-0.39, 0.29) is 12.6 Å². The number of thiocarbonyl (C=S) groups is 1. The largest absolute Gasteiger partial charge is 0.493 e. The van der Waals surface area contributed by atoms with Gasteiger partial charge in [-0.15, -0.1) is 0 Å². The third kappa shape index (κ3) is 3.43. The maximum absolute atomic E-state index is 13.2. The molecule has 2 aromatic carbocycles. The van der Waals surface area contributed by atoms with E-state index in [1.807, 2.05) is 42.2 Å². The zero-order valence-corrected chi connectivity index (χ0v) is 18.7. The number of rotatable bonds is 6. The summed E-state index contributed by atoms with van der Waals surface area (Å²) in [5, 5.41) is 3.84. The van der Waals surface area contributed by atoms with Crippen molar-refractivity contribution in [3.05, 3.63) is 66.2 Å². The van der Waals surface area contributed by atoms with Gasteiger partial charge in [0.1, 0.15) is 12.5 Å². The van der Waals surface area contributed by atoms with Crippen molar-refractivity contribution in [2.24, 2.45) is 5.92 Å². The zero-order valence-electron chi connectivity index (χ0n) is 17.9. The standard InChI is InChI=1S/C24H26N2O4S/c1-5-14-29-22(27)19-20-17-8-7-9-18(28-4)21(17)30-24(19,3)26(23(31)25-20)16-12-10-15(6-2)11-13-16/h5,7-13,19-20H,1,6,14H2,2-4H3,(H,25,31)/t19-,20-,24-/m0/s1. The molecule has 3 atom stereocenters. The highest BCUT2D eigenvalue weighted by atomic mass is 32.1. The molecule has 31 heavy (non-hydrogen) atoms. The van der Waals surface area contributed by atoms with E-state index < -0.39 is 17.7 Å². The number of aryl methyl sites for hydroxylation is 1. The van der Waals surface area contributed by atoms with Crippen LogP contribution in [-0.2, 0) is 16.0 Å². The third-order valence-electron chi connectivity index (χ3n) is 5.91. The number of fused-ring (bicyclic) bond motifs is 4. The lowest BCUT2D eigenvalue weighted by molar-refractivity contribution is -0.159. The van der Waals surface area contributed by atoms with E-state index in [1.54, 1.807) is 13.2 Å². The van der Waals surface area contributed by atoms with Crippen molar-refractivity contribution in [3.8, 4) is 11.5 Å². The Kier molecular flexibility index (Phi) is 5.62. The second kappa shape index (κ2) is 8.23. The number of nitrogens with one attached hydrogen (secondary N) is 1. The number of esters is 1. The molecule has 2 aliphatic rings. The van der Waals surface area contributed by atoms with E-state index in [9.17, 15) is 4.79 Å². The molecule has 1 fully saturated rings. The second-order valence-corrected chi connectivity index (χ2v) is 8.10. The highest BCUT2D eigenvalue weighted by molar-refractivity contribution is 7.80. The number of carbonyl (C=O) groups is 1. The quantitative estimate of drug-likeness (QED) is 0.413. The number of ether oxygens (including phenoxy) is 3. The predicted octanol–water partition coefficient (Wildman–Crippen LogP) is 4.15. The van der Waals surface area contributed by atoms with Crippen LogP contribution >= 0.6 is 12.2 Å². The molecule has 1 saturated heterocycles. The number of para-hydroxylation sites is 1. The first-order valence-corrected chi connectivity index (χ1v) is 10.7. The van der Waals surface area contributed by atoms with Gasteiger partial charge in [0.2, 0.25) is 5.72 Å². The van der Waals surface area contributed by atoms with Crippen LogP contribution in [0.15, 0.2) is 55.1 Å². The van der Waals surface area contributed by atoms with Crippen LogP contribution in [-0.4, -0.2) is 30.5 Å². The molecule has 0 aromatic heterocycles. The van der Waals surface area contributed by atoms with Crippen molar-refractivity contribution in [1.29, 1.82) is 0 Å². The first-order chi connectivity index (χ1) is 14.9. The molecule has 2 bridgehead atoms. The van der Waals surface area contributed by atoms with Crippen LogP contribution in [0.2, 0.25) is 0 Å². The van der Waals surface area contributed by atoms with Crippen molar-refractivity contribution < 1.29 is 19.0 Å². The minimum Gasteiger partial charge on any atom is -0.493 e. The molecule has 7 heteroatoms. The molecule has 0 saturated carbocycles. The molecule has 0 amide bonds. The number of carbonyl (C=O) groups excluding carboxylic acids is 1. The van der Waals surface area contributed by atoms with E-state index >= 15 is 0 Å². The molecule has 2 heterocycles. The van der Waals surface area contributed by atoms with Gasteiger partial charge >= 0.3 is 5.97 Å². The topological polar surface area (TPSA) is 60.0 Å². The summed E-state index contributed by atoms with van der Waals surface area (Å²) in [6.45, 7) is 7.74. The number of methoxy groups -OCH3 is 1. The van der Waals surface area contributed by atoms with Crippen molar-refractivity contribution in [2.45, 2.75) is 32.0 Å².